The highest BCUT2D eigenvalue weighted by molar-refractivity contribution is 6.13. The number of para-hydroxylation sites is 1. The summed E-state index contributed by atoms with van der Waals surface area (Å²) < 4.78 is 29.9. The summed E-state index contributed by atoms with van der Waals surface area (Å²) in [6, 6.07) is 11.2. The highest BCUT2D eigenvalue weighted by Gasteiger charge is 2.26. The number of aliphatic imine (C=N–C) groups is 1. The van der Waals surface area contributed by atoms with Gasteiger partial charge in [-0.2, -0.15) is 0 Å². The van der Waals surface area contributed by atoms with E-state index in [1.54, 1.807) is 36.4 Å². The third kappa shape index (κ3) is 3.49. The maximum absolute atomic E-state index is 13.9. The van der Waals surface area contributed by atoms with Crippen molar-refractivity contribution in [3.63, 3.8) is 0 Å². The van der Waals surface area contributed by atoms with Crippen molar-refractivity contribution in [1.82, 2.24) is 0 Å². The van der Waals surface area contributed by atoms with Gasteiger partial charge in [0.2, 0.25) is 5.90 Å². The fourth-order valence-electron chi connectivity index (χ4n) is 2.41. The van der Waals surface area contributed by atoms with E-state index in [9.17, 15) is 9.18 Å². The number of nitrogens with zero attached hydrogens (tertiary/aromatic N) is 1. The number of cyclic esters (lactones) is 1. The molecule has 0 saturated heterocycles. The molecule has 2 aromatic rings. The molecule has 0 aliphatic carbocycles. The van der Waals surface area contributed by atoms with Crippen molar-refractivity contribution in [3.05, 3.63) is 77.8 Å². The Kier molecular flexibility index (Phi) is 5.12. The Morgan fingerprint density at radius 1 is 1.23 bits per heavy atom. The fraction of sp³-hybridized carbons (Fsp3) is 0.100. The minimum atomic E-state index is -0.666. The molecule has 3 rings (SSSR count). The number of esters is 1. The maximum Gasteiger partial charge on any atom is 0.363 e. The van der Waals surface area contributed by atoms with Crippen molar-refractivity contribution in [2.75, 3.05) is 13.7 Å². The Labute approximate surface area is 150 Å². The maximum atomic E-state index is 13.9. The first-order chi connectivity index (χ1) is 12.6. The van der Waals surface area contributed by atoms with E-state index < -0.39 is 11.8 Å². The minimum absolute atomic E-state index is 0.0416. The van der Waals surface area contributed by atoms with Crippen LogP contribution in [0.25, 0.3) is 6.08 Å². The first-order valence-corrected chi connectivity index (χ1v) is 7.82. The van der Waals surface area contributed by atoms with Gasteiger partial charge in [0.1, 0.15) is 12.4 Å². The molecule has 0 amide bonds. The smallest absolute Gasteiger partial charge is 0.363 e. The lowest BCUT2D eigenvalue weighted by molar-refractivity contribution is -0.129. The number of methoxy groups -OCH3 is 1. The summed E-state index contributed by atoms with van der Waals surface area (Å²) in [5.41, 5.74) is 0.745. The van der Waals surface area contributed by atoms with Gasteiger partial charge in [0.25, 0.3) is 0 Å². The van der Waals surface area contributed by atoms with E-state index in [4.69, 9.17) is 14.2 Å². The predicted octanol–water partition coefficient (Wildman–Crippen LogP) is 3.74. The largest absolute Gasteiger partial charge is 0.493 e. The summed E-state index contributed by atoms with van der Waals surface area (Å²) in [6.07, 6.45) is 3.11. The Hall–Kier alpha value is -3.41. The van der Waals surface area contributed by atoms with Gasteiger partial charge in [-0.25, -0.2) is 14.2 Å². The normalized spacial score (nSPS) is 14.8. The van der Waals surface area contributed by atoms with Crippen LogP contribution >= 0.6 is 0 Å². The highest BCUT2D eigenvalue weighted by Crippen LogP contribution is 2.33. The van der Waals surface area contributed by atoms with Crippen LogP contribution in [0.4, 0.5) is 4.39 Å². The number of rotatable bonds is 6. The van der Waals surface area contributed by atoms with E-state index >= 15 is 0 Å². The molecule has 0 spiro atoms. The quantitative estimate of drug-likeness (QED) is 0.451. The Bertz CT molecular complexity index is 918. The summed E-state index contributed by atoms with van der Waals surface area (Å²) >= 11 is 0. The zero-order chi connectivity index (χ0) is 18.5. The number of halogens is 1. The van der Waals surface area contributed by atoms with Crippen molar-refractivity contribution in [1.29, 1.82) is 0 Å². The average Bonchev–Trinajstić information content (AvgIpc) is 3.01. The first kappa shape index (κ1) is 17.4. The minimum Gasteiger partial charge on any atom is -0.493 e. The van der Waals surface area contributed by atoms with E-state index in [1.807, 2.05) is 0 Å². The Morgan fingerprint density at radius 3 is 2.77 bits per heavy atom. The van der Waals surface area contributed by atoms with Crippen molar-refractivity contribution >= 4 is 17.9 Å². The topological polar surface area (TPSA) is 57.1 Å². The van der Waals surface area contributed by atoms with E-state index in [1.165, 1.54) is 25.3 Å². The molecule has 1 aliphatic rings. The van der Waals surface area contributed by atoms with E-state index in [0.29, 0.717) is 17.1 Å². The molecule has 6 heteroatoms. The number of carbonyl (C=O) groups is 1. The van der Waals surface area contributed by atoms with Gasteiger partial charge in [-0.15, -0.1) is 0 Å². The summed E-state index contributed by atoms with van der Waals surface area (Å²) in [4.78, 5) is 16.3. The van der Waals surface area contributed by atoms with E-state index in [0.717, 1.165) is 0 Å². The van der Waals surface area contributed by atoms with Crippen LogP contribution < -0.4 is 9.47 Å². The number of hydrogen-bond donors (Lipinski definition) is 0. The lowest BCUT2D eigenvalue weighted by Crippen LogP contribution is -2.07. The van der Waals surface area contributed by atoms with Crippen molar-refractivity contribution in [3.8, 4) is 11.5 Å². The summed E-state index contributed by atoms with van der Waals surface area (Å²) in [7, 11) is 1.52. The van der Waals surface area contributed by atoms with Crippen LogP contribution in [-0.4, -0.2) is 25.6 Å². The predicted molar refractivity (Wildman–Crippen MR) is 95.7 cm³/mol. The summed E-state index contributed by atoms with van der Waals surface area (Å²) in [5.74, 6) is -0.302. The highest BCUT2D eigenvalue weighted by atomic mass is 19.1. The second-order valence-electron chi connectivity index (χ2n) is 5.29. The molecule has 0 saturated carbocycles. The Morgan fingerprint density at radius 2 is 2.04 bits per heavy atom. The molecule has 0 N–H and O–H groups in total. The van der Waals surface area contributed by atoms with Gasteiger partial charge in [0, 0.05) is 5.56 Å². The van der Waals surface area contributed by atoms with Gasteiger partial charge in [-0.3, -0.25) is 0 Å². The third-order valence-electron chi connectivity index (χ3n) is 3.59. The number of benzene rings is 2. The van der Waals surface area contributed by atoms with Crippen LogP contribution in [0.1, 0.15) is 11.1 Å². The summed E-state index contributed by atoms with van der Waals surface area (Å²) in [5, 5.41) is 0. The van der Waals surface area contributed by atoms with Crippen LogP contribution in [0.2, 0.25) is 0 Å². The van der Waals surface area contributed by atoms with Crippen molar-refractivity contribution in [2.45, 2.75) is 0 Å². The average molecular weight is 353 g/mol. The third-order valence-corrected chi connectivity index (χ3v) is 3.59. The van der Waals surface area contributed by atoms with E-state index in [-0.39, 0.29) is 23.8 Å². The van der Waals surface area contributed by atoms with Gasteiger partial charge in [0.05, 0.1) is 12.7 Å². The molecule has 0 fully saturated rings. The van der Waals surface area contributed by atoms with Crippen LogP contribution in [0.15, 0.2) is 65.8 Å². The molecule has 5 nitrogen and oxygen atoms in total. The monoisotopic (exact) mass is 353 g/mol. The second kappa shape index (κ2) is 7.65. The number of carbonyl (C=O) groups excluding carboxylic acids is 1. The molecular weight excluding hydrogens is 337 g/mol. The molecule has 0 unspecified atom stereocenters. The number of hydrogen-bond acceptors (Lipinski definition) is 5. The number of ether oxygens (including phenoxy) is 3. The zero-order valence-corrected chi connectivity index (χ0v) is 14.1. The molecular formula is C20H16FNO4. The van der Waals surface area contributed by atoms with Gasteiger partial charge in [0.15, 0.2) is 17.2 Å². The molecule has 0 aromatic heterocycles. The van der Waals surface area contributed by atoms with Gasteiger partial charge < -0.3 is 14.2 Å². The Balaban J connectivity index is 2.01. The summed E-state index contributed by atoms with van der Waals surface area (Å²) in [6.45, 7) is 3.88. The van der Waals surface area contributed by atoms with Crippen LogP contribution in [0.3, 0.4) is 0 Å². The van der Waals surface area contributed by atoms with Crippen LogP contribution in [0.5, 0.6) is 11.5 Å². The standard InChI is InChI=1S/C20H16FNO4/c1-3-11-25-18-13(7-6-10-17(18)24-2)12-16-20(23)26-19(22-16)14-8-4-5-9-15(14)21/h3-10,12H,1,11H2,2H3/b16-12-. The first-order valence-electron chi connectivity index (χ1n) is 7.82. The molecule has 1 heterocycles. The molecule has 2 aromatic carbocycles. The van der Waals surface area contributed by atoms with Gasteiger partial charge in [-0.1, -0.05) is 36.9 Å². The SMILES string of the molecule is C=CCOc1c(/C=C2\N=C(c3ccccc3F)OC2=O)cccc1OC. The lowest BCUT2D eigenvalue weighted by atomic mass is 10.1. The molecule has 26 heavy (non-hydrogen) atoms. The molecule has 0 atom stereocenters. The molecule has 0 radical (unpaired) electrons. The zero-order valence-electron chi connectivity index (χ0n) is 14.1. The van der Waals surface area contributed by atoms with Crippen molar-refractivity contribution < 1.29 is 23.4 Å². The van der Waals surface area contributed by atoms with Crippen LogP contribution in [-0.2, 0) is 9.53 Å². The van der Waals surface area contributed by atoms with Gasteiger partial charge >= 0.3 is 5.97 Å². The van der Waals surface area contributed by atoms with Gasteiger partial charge in [-0.05, 0) is 24.3 Å². The molecule has 0 bridgehead atoms. The fourth-order valence-corrected chi connectivity index (χ4v) is 2.41. The van der Waals surface area contributed by atoms with E-state index in [2.05, 4.69) is 11.6 Å². The molecule has 1 aliphatic heterocycles. The second-order valence-corrected chi connectivity index (χ2v) is 5.29. The van der Waals surface area contributed by atoms with Crippen molar-refractivity contribution in [2.24, 2.45) is 4.99 Å². The lowest BCUT2D eigenvalue weighted by Gasteiger charge is -2.12. The van der Waals surface area contributed by atoms with Crippen LogP contribution in [0, 0.1) is 5.82 Å². The molecule has 132 valence electrons.